The van der Waals surface area contributed by atoms with E-state index in [-0.39, 0.29) is 5.97 Å². The summed E-state index contributed by atoms with van der Waals surface area (Å²) in [5, 5.41) is 0.626. The molecule has 0 unspecified atom stereocenters. The van der Waals surface area contributed by atoms with Crippen LogP contribution in [0.3, 0.4) is 0 Å². The molecule has 3 nitrogen and oxygen atoms in total. The maximum absolute atomic E-state index is 12.1. The van der Waals surface area contributed by atoms with Gasteiger partial charge in [0.2, 0.25) is 0 Å². The Bertz CT molecular complexity index is 606. The Morgan fingerprint density at radius 2 is 1.85 bits per heavy atom. The van der Waals surface area contributed by atoms with Crippen LogP contribution >= 0.6 is 11.6 Å². The first-order chi connectivity index (χ1) is 9.70. The SMILES string of the molecule is CCOC(=O)/C(=C/c1ccncc1)c1ccc(Cl)cc1. The van der Waals surface area contributed by atoms with E-state index >= 15 is 0 Å². The summed E-state index contributed by atoms with van der Waals surface area (Å²) < 4.78 is 5.11. The van der Waals surface area contributed by atoms with Crippen molar-refractivity contribution >= 4 is 29.2 Å². The Labute approximate surface area is 122 Å². The highest BCUT2D eigenvalue weighted by molar-refractivity contribution is 6.30. The molecule has 1 aromatic heterocycles. The van der Waals surface area contributed by atoms with E-state index in [4.69, 9.17) is 16.3 Å². The van der Waals surface area contributed by atoms with Crippen molar-refractivity contribution in [2.45, 2.75) is 6.92 Å². The van der Waals surface area contributed by atoms with Gasteiger partial charge in [0.1, 0.15) is 0 Å². The lowest BCUT2D eigenvalue weighted by Crippen LogP contribution is -2.06. The fourth-order valence-corrected chi connectivity index (χ4v) is 1.85. The third kappa shape index (κ3) is 3.68. The quantitative estimate of drug-likeness (QED) is 0.633. The van der Waals surface area contributed by atoms with Crippen molar-refractivity contribution in [2.24, 2.45) is 0 Å². The van der Waals surface area contributed by atoms with Crippen LogP contribution in [0.5, 0.6) is 0 Å². The Hall–Kier alpha value is -2.13. The molecule has 102 valence electrons. The summed E-state index contributed by atoms with van der Waals surface area (Å²) in [6.45, 7) is 2.12. The molecule has 20 heavy (non-hydrogen) atoms. The first-order valence-electron chi connectivity index (χ1n) is 6.25. The Kier molecular flexibility index (Phi) is 4.91. The van der Waals surface area contributed by atoms with Gasteiger partial charge in [-0.15, -0.1) is 0 Å². The van der Waals surface area contributed by atoms with Crippen LogP contribution < -0.4 is 0 Å². The molecule has 1 heterocycles. The lowest BCUT2D eigenvalue weighted by Gasteiger charge is -2.07. The van der Waals surface area contributed by atoms with E-state index in [0.29, 0.717) is 17.2 Å². The number of nitrogens with zero attached hydrogens (tertiary/aromatic N) is 1. The number of esters is 1. The molecule has 0 N–H and O–H groups in total. The molecule has 0 spiro atoms. The second-order valence-corrected chi connectivity index (χ2v) is 4.50. The normalized spacial score (nSPS) is 11.2. The van der Waals surface area contributed by atoms with Crippen LogP contribution in [0.2, 0.25) is 5.02 Å². The number of hydrogen-bond acceptors (Lipinski definition) is 3. The second-order valence-electron chi connectivity index (χ2n) is 4.07. The zero-order chi connectivity index (χ0) is 14.4. The standard InChI is InChI=1S/C16H14ClNO2/c1-2-20-16(19)15(11-12-7-9-18-10-8-12)13-3-5-14(17)6-4-13/h3-11H,2H2,1H3/b15-11+. The van der Waals surface area contributed by atoms with Crippen LogP contribution in [0.15, 0.2) is 48.8 Å². The van der Waals surface area contributed by atoms with Gasteiger partial charge in [-0.1, -0.05) is 23.7 Å². The largest absolute Gasteiger partial charge is 0.462 e. The minimum absolute atomic E-state index is 0.333. The molecule has 0 bridgehead atoms. The summed E-state index contributed by atoms with van der Waals surface area (Å²) in [5.74, 6) is -0.355. The van der Waals surface area contributed by atoms with Gasteiger partial charge < -0.3 is 4.74 Å². The van der Waals surface area contributed by atoms with Crippen molar-refractivity contribution in [3.63, 3.8) is 0 Å². The Morgan fingerprint density at radius 1 is 1.20 bits per heavy atom. The monoisotopic (exact) mass is 287 g/mol. The molecule has 1 aromatic carbocycles. The molecule has 0 saturated carbocycles. The van der Waals surface area contributed by atoms with Crippen LogP contribution in [-0.2, 0) is 9.53 Å². The van der Waals surface area contributed by atoms with Gasteiger partial charge in [0.25, 0.3) is 0 Å². The predicted octanol–water partition coefficient (Wildman–Crippen LogP) is 3.84. The topological polar surface area (TPSA) is 39.2 Å². The molecule has 0 fully saturated rings. The lowest BCUT2D eigenvalue weighted by molar-refractivity contribution is -0.136. The van der Waals surface area contributed by atoms with Gasteiger partial charge in [-0.3, -0.25) is 4.98 Å². The van der Waals surface area contributed by atoms with E-state index in [1.807, 2.05) is 12.1 Å². The number of carbonyl (C=O) groups excluding carboxylic acids is 1. The number of pyridine rings is 1. The minimum atomic E-state index is -0.355. The molecule has 0 aliphatic rings. The summed E-state index contributed by atoms with van der Waals surface area (Å²) in [6.07, 6.45) is 5.13. The maximum atomic E-state index is 12.1. The third-order valence-electron chi connectivity index (χ3n) is 2.67. The molecular formula is C16H14ClNO2. The van der Waals surface area contributed by atoms with Crippen molar-refractivity contribution in [1.29, 1.82) is 0 Å². The Morgan fingerprint density at radius 3 is 2.45 bits per heavy atom. The van der Waals surface area contributed by atoms with Crippen LogP contribution in [0.1, 0.15) is 18.1 Å². The average Bonchev–Trinajstić information content (AvgIpc) is 2.47. The van der Waals surface area contributed by atoms with Crippen molar-refractivity contribution < 1.29 is 9.53 Å². The number of carbonyl (C=O) groups is 1. The van der Waals surface area contributed by atoms with Gasteiger partial charge in [-0.25, -0.2) is 4.79 Å². The summed E-state index contributed by atoms with van der Waals surface area (Å²) in [6, 6.07) is 10.7. The first-order valence-corrected chi connectivity index (χ1v) is 6.63. The van der Waals surface area contributed by atoms with Gasteiger partial charge >= 0.3 is 5.97 Å². The number of halogens is 1. The van der Waals surface area contributed by atoms with Gasteiger partial charge in [0.15, 0.2) is 0 Å². The van der Waals surface area contributed by atoms with Crippen molar-refractivity contribution in [1.82, 2.24) is 4.98 Å². The van der Waals surface area contributed by atoms with Crippen LogP contribution in [-0.4, -0.2) is 17.6 Å². The molecule has 0 aliphatic heterocycles. The zero-order valence-electron chi connectivity index (χ0n) is 11.0. The summed E-state index contributed by atoms with van der Waals surface area (Å²) >= 11 is 5.87. The molecule has 0 saturated heterocycles. The predicted molar refractivity (Wildman–Crippen MR) is 80.2 cm³/mol. The van der Waals surface area contributed by atoms with E-state index in [0.717, 1.165) is 11.1 Å². The molecule has 0 atom stereocenters. The molecule has 0 aliphatic carbocycles. The highest BCUT2D eigenvalue weighted by Crippen LogP contribution is 2.21. The van der Waals surface area contributed by atoms with Gasteiger partial charge in [0, 0.05) is 17.4 Å². The number of rotatable bonds is 4. The number of benzene rings is 1. The lowest BCUT2D eigenvalue weighted by atomic mass is 10.0. The van der Waals surface area contributed by atoms with E-state index in [2.05, 4.69) is 4.98 Å². The molecule has 0 radical (unpaired) electrons. The molecular weight excluding hydrogens is 274 g/mol. The van der Waals surface area contributed by atoms with Crippen LogP contribution in [0.4, 0.5) is 0 Å². The fraction of sp³-hybridized carbons (Fsp3) is 0.125. The van der Waals surface area contributed by atoms with Gasteiger partial charge in [-0.2, -0.15) is 0 Å². The van der Waals surface area contributed by atoms with Crippen molar-refractivity contribution in [2.75, 3.05) is 6.61 Å². The van der Waals surface area contributed by atoms with E-state index in [9.17, 15) is 4.79 Å². The second kappa shape index (κ2) is 6.87. The fourth-order valence-electron chi connectivity index (χ4n) is 1.72. The third-order valence-corrected chi connectivity index (χ3v) is 2.92. The minimum Gasteiger partial charge on any atom is -0.462 e. The Balaban J connectivity index is 2.42. The molecule has 0 amide bonds. The first kappa shape index (κ1) is 14.3. The van der Waals surface area contributed by atoms with Gasteiger partial charge in [-0.05, 0) is 48.4 Å². The number of hydrogen-bond donors (Lipinski definition) is 0. The smallest absolute Gasteiger partial charge is 0.338 e. The summed E-state index contributed by atoms with van der Waals surface area (Å²) in [7, 11) is 0. The number of ether oxygens (including phenoxy) is 1. The summed E-state index contributed by atoms with van der Waals surface area (Å²) in [5.41, 5.74) is 2.15. The highest BCUT2D eigenvalue weighted by Gasteiger charge is 2.13. The highest BCUT2D eigenvalue weighted by atomic mass is 35.5. The molecule has 4 heteroatoms. The average molecular weight is 288 g/mol. The van der Waals surface area contributed by atoms with Crippen LogP contribution in [0.25, 0.3) is 11.6 Å². The van der Waals surface area contributed by atoms with Crippen molar-refractivity contribution in [3.05, 3.63) is 64.9 Å². The zero-order valence-corrected chi connectivity index (χ0v) is 11.8. The van der Waals surface area contributed by atoms with E-state index in [1.54, 1.807) is 49.7 Å². The maximum Gasteiger partial charge on any atom is 0.338 e. The van der Waals surface area contributed by atoms with Crippen LogP contribution in [0, 0.1) is 0 Å². The van der Waals surface area contributed by atoms with Gasteiger partial charge in [0.05, 0.1) is 12.2 Å². The molecule has 2 rings (SSSR count). The molecule has 2 aromatic rings. The van der Waals surface area contributed by atoms with E-state index < -0.39 is 0 Å². The summed E-state index contributed by atoms with van der Waals surface area (Å²) in [4.78, 5) is 16.0. The number of aromatic nitrogens is 1. The van der Waals surface area contributed by atoms with Crippen molar-refractivity contribution in [3.8, 4) is 0 Å². The van der Waals surface area contributed by atoms with E-state index in [1.165, 1.54) is 0 Å².